The van der Waals surface area contributed by atoms with E-state index in [1.807, 2.05) is 0 Å². The van der Waals surface area contributed by atoms with Gasteiger partial charge in [-0.15, -0.1) is 0 Å². The van der Waals surface area contributed by atoms with Gasteiger partial charge in [-0.1, -0.05) is 0 Å². The van der Waals surface area contributed by atoms with Crippen LogP contribution < -0.4 is 10.6 Å². The van der Waals surface area contributed by atoms with E-state index in [-0.39, 0.29) is 12.5 Å². The summed E-state index contributed by atoms with van der Waals surface area (Å²) in [5, 5.41) is 5.04. The van der Waals surface area contributed by atoms with Crippen molar-refractivity contribution in [2.45, 2.75) is 25.3 Å². The van der Waals surface area contributed by atoms with Gasteiger partial charge in [0.15, 0.2) is 0 Å². The van der Waals surface area contributed by atoms with Gasteiger partial charge in [-0.25, -0.2) is 8.78 Å². The Bertz CT molecular complexity index is 151. The molecule has 0 aromatic carbocycles. The Morgan fingerprint density at radius 3 is 2.67 bits per heavy atom. The molecule has 0 aromatic heterocycles. The van der Waals surface area contributed by atoms with E-state index in [0.717, 1.165) is 12.8 Å². The molecule has 0 aromatic rings. The summed E-state index contributed by atoms with van der Waals surface area (Å²) < 4.78 is 23.1. The molecule has 0 heterocycles. The number of nitrogens with one attached hydrogen (secondary N) is 2. The Hall–Kier alpha value is -0.710. The lowest BCUT2D eigenvalue weighted by atomic mass is 10.5. The highest BCUT2D eigenvalue weighted by Crippen LogP contribution is 2.17. The molecule has 0 atom stereocenters. The second-order valence-electron chi connectivity index (χ2n) is 2.85. The lowest BCUT2D eigenvalue weighted by Gasteiger charge is -2.04. The van der Waals surface area contributed by atoms with Crippen LogP contribution in [-0.2, 0) is 4.79 Å². The highest BCUT2D eigenvalue weighted by molar-refractivity contribution is 5.78. The van der Waals surface area contributed by atoms with Crippen LogP contribution in [0, 0.1) is 0 Å². The first-order valence-electron chi connectivity index (χ1n) is 3.96. The van der Waals surface area contributed by atoms with E-state index in [2.05, 4.69) is 10.6 Å². The molecule has 0 unspecified atom stereocenters. The fraction of sp³-hybridized carbons (Fsp3) is 0.857. The fourth-order valence-corrected chi connectivity index (χ4v) is 0.778. The van der Waals surface area contributed by atoms with Crippen LogP contribution in [0.5, 0.6) is 0 Å². The third-order valence-corrected chi connectivity index (χ3v) is 1.58. The number of hydrogen-bond acceptors (Lipinski definition) is 2. The number of hydrogen-bond donors (Lipinski definition) is 2. The summed E-state index contributed by atoms with van der Waals surface area (Å²) in [6.45, 7) is -0.400. The smallest absolute Gasteiger partial charge is 0.255 e. The molecule has 0 aliphatic heterocycles. The van der Waals surface area contributed by atoms with Crippen LogP contribution in [0.4, 0.5) is 8.78 Å². The maximum absolute atomic E-state index is 11.6. The van der Waals surface area contributed by atoms with Crippen molar-refractivity contribution < 1.29 is 13.6 Å². The Morgan fingerprint density at radius 2 is 2.17 bits per heavy atom. The van der Waals surface area contributed by atoms with Crippen LogP contribution in [0.15, 0.2) is 0 Å². The molecule has 0 saturated heterocycles. The van der Waals surface area contributed by atoms with Crippen molar-refractivity contribution in [2.24, 2.45) is 0 Å². The topological polar surface area (TPSA) is 41.1 Å². The Balaban J connectivity index is 1.95. The van der Waals surface area contributed by atoms with E-state index in [1.54, 1.807) is 0 Å². The molecule has 3 nitrogen and oxygen atoms in total. The minimum Gasteiger partial charge on any atom is -0.349 e. The summed E-state index contributed by atoms with van der Waals surface area (Å²) in [5.41, 5.74) is 0. The van der Waals surface area contributed by atoms with Crippen LogP contribution in [0.3, 0.4) is 0 Å². The maximum atomic E-state index is 11.6. The first-order valence-corrected chi connectivity index (χ1v) is 3.96. The minimum absolute atomic E-state index is 0.150. The van der Waals surface area contributed by atoms with Crippen molar-refractivity contribution in [2.75, 3.05) is 13.1 Å². The summed E-state index contributed by atoms with van der Waals surface area (Å²) in [4.78, 5) is 10.8. The zero-order valence-corrected chi connectivity index (χ0v) is 6.65. The van der Waals surface area contributed by atoms with Crippen molar-refractivity contribution in [3.63, 3.8) is 0 Å². The second-order valence-corrected chi connectivity index (χ2v) is 2.85. The first kappa shape index (κ1) is 9.38. The monoisotopic (exact) mass is 178 g/mol. The number of carbonyl (C=O) groups excluding carboxylic acids is 1. The van der Waals surface area contributed by atoms with Crippen molar-refractivity contribution >= 4 is 5.91 Å². The lowest BCUT2D eigenvalue weighted by molar-refractivity contribution is -0.120. The molecule has 0 radical (unpaired) electrons. The van der Waals surface area contributed by atoms with E-state index >= 15 is 0 Å². The molecule has 0 bridgehead atoms. The predicted octanol–water partition coefficient (Wildman–Crippen LogP) is 0.120. The molecule has 2 N–H and O–H groups in total. The van der Waals surface area contributed by atoms with Gasteiger partial charge in [-0.3, -0.25) is 4.79 Å². The van der Waals surface area contributed by atoms with Gasteiger partial charge in [-0.05, 0) is 12.8 Å². The largest absolute Gasteiger partial charge is 0.349 e. The van der Waals surface area contributed by atoms with E-state index in [9.17, 15) is 13.6 Å². The third-order valence-electron chi connectivity index (χ3n) is 1.58. The van der Waals surface area contributed by atoms with Gasteiger partial charge in [0, 0.05) is 6.04 Å². The zero-order valence-electron chi connectivity index (χ0n) is 6.65. The van der Waals surface area contributed by atoms with E-state index in [0.29, 0.717) is 6.04 Å². The normalized spacial score (nSPS) is 16.6. The Labute approximate surface area is 69.5 Å². The number of alkyl halides is 2. The average Bonchev–Trinajstić information content (AvgIpc) is 2.80. The lowest BCUT2D eigenvalue weighted by Crippen LogP contribution is -2.37. The zero-order chi connectivity index (χ0) is 8.97. The molecular weight excluding hydrogens is 166 g/mol. The molecular formula is C7H12F2N2O. The van der Waals surface area contributed by atoms with Crippen molar-refractivity contribution in [3.05, 3.63) is 0 Å². The van der Waals surface area contributed by atoms with Gasteiger partial charge in [0.1, 0.15) is 0 Å². The van der Waals surface area contributed by atoms with Gasteiger partial charge in [-0.2, -0.15) is 0 Å². The standard InChI is InChI=1S/C7H12F2N2O/c8-6(9)3-11-7(12)4-10-5-1-2-5/h5-6,10H,1-4H2,(H,11,12). The molecule has 1 rings (SSSR count). The molecule has 12 heavy (non-hydrogen) atoms. The number of rotatable bonds is 5. The molecule has 0 spiro atoms. The molecule has 1 saturated carbocycles. The van der Waals surface area contributed by atoms with E-state index < -0.39 is 13.0 Å². The maximum Gasteiger partial charge on any atom is 0.255 e. The Morgan fingerprint density at radius 1 is 1.50 bits per heavy atom. The summed E-state index contributed by atoms with van der Waals surface area (Å²) >= 11 is 0. The quantitative estimate of drug-likeness (QED) is 0.627. The third kappa shape index (κ3) is 4.23. The molecule has 1 amide bonds. The van der Waals surface area contributed by atoms with E-state index in [1.165, 1.54) is 0 Å². The van der Waals surface area contributed by atoms with Gasteiger partial charge < -0.3 is 10.6 Å². The molecule has 1 fully saturated rings. The van der Waals surface area contributed by atoms with Crippen LogP contribution >= 0.6 is 0 Å². The average molecular weight is 178 g/mol. The summed E-state index contributed by atoms with van der Waals surface area (Å²) in [7, 11) is 0. The molecule has 5 heteroatoms. The Kier molecular flexibility index (Phi) is 3.40. The van der Waals surface area contributed by atoms with Gasteiger partial charge >= 0.3 is 0 Å². The molecule has 70 valence electrons. The van der Waals surface area contributed by atoms with Gasteiger partial charge in [0.25, 0.3) is 6.43 Å². The van der Waals surface area contributed by atoms with Crippen LogP contribution in [0.2, 0.25) is 0 Å². The summed E-state index contributed by atoms with van der Waals surface area (Å²) in [6.07, 6.45) is -0.292. The molecule has 1 aliphatic carbocycles. The number of halogens is 2. The summed E-state index contributed by atoms with van der Waals surface area (Å²) in [5.74, 6) is -0.359. The second kappa shape index (κ2) is 4.35. The van der Waals surface area contributed by atoms with Crippen LogP contribution in [-0.4, -0.2) is 31.5 Å². The highest BCUT2D eigenvalue weighted by atomic mass is 19.3. The number of carbonyl (C=O) groups is 1. The van der Waals surface area contributed by atoms with Gasteiger partial charge in [0.2, 0.25) is 5.91 Å². The van der Waals surface area contributed by atoms with Crippen molar-refractivity contribution in [3.8, 4) is 0 Å². The minimum atomic E-state index is -2.46. The van der Waals surface area contributed by atoms with Crippen LogP contribution in [0.1, 0.15) is 12.8 Å². The highest BCUT2D eigenvalue weighted by Gasteiger charge is 2.21. The van der Waals surface area contributed by atoms with Crippen molar-refractivity contribution in [1.82, 2.24) is 10.6 Å². The molecule has 1 aliphatic rings. The van der Waals surface area contributed by atoms with Crippen molar-refractivity contribution in [1.29, 1.82) is 0 Å². The summed E-state index contributed by atoms with van der Waals surface area (Å²) in [6, 6.07) is 0.433. The van der Waals surface area contributed by atoms with Crippen LogP contribution in [0.25, 0.3) is 0 Å². The predicted molar refractivity (Wildman–Crippen MR) is 40.0 cm³/mol. The SMILES string of the molecule is O=C(CNC1CC1)NCC(F)F. The fourth-order valence-electron chi connectivity index (χ4n) is 0.778. The first-order chi connectivity index (χ1) is 5.68. The number of amides is 1. The van der Waals surface area contributed by atoms with E-state index in [4.69, 9.17) is 0 Å². The van der Waals surface area contributed by atoms with Gasteiger partial charge in [0.05, 0.1) is 13.1 Å².